The van der Waals surface area contributed by atoms with E-state index in [2.05, 4.69) is 10.3 Å². The Bertz CT molecular complexity index is 635. The number of hydrogen-bond acceptors (Lipinski definition) is 3. The summed E-state index contributed by atoms with van der Waals surface area (Å²) in [6.45, 7) is 0.702. The van der Waals surface area contributed by atoms with Crippen LogP contribution in [-0.4, -0.2) is 11.5 Å². The first-order valence-corrected chi connectivity index (χ1v) is 7.06. The highest BCUT2D eigenvalue weighted by Crippen LogP contribution is 2.47. The van der Waals surface area contributed by atoms with E-state index in [0.717, 1.165) is 24.4 Å². The molecular formula is C16H16F3N3. The Morgan fingerprint density at radius 3 is 2.45 bits per heavy atom. The van der Waals surface area contributed by atoms with Gasteiger partial charge in [-0.3, -0.25) is 0 Å². The zero-order valence-corrected chi connectivity index (χ0v) is 11.8. The smallest absolute Gasteiger partial charge is 0.399 e. The lowest BCUT2D eigenvalue weighted by molar-refractivity contribution is -0.137. The largest absolute Gasteiger partial charge is 0.417 e. The molecule has 1 aromatic heterocycles. The molecule has 1 aliphatic carbocycles. The molecule has 116 valence electrons. The van der Waals surface area contributed by atoms with Gasteiger partial charge in [0.15, 0.2) is 0 Å². The van der Waals surface area contributed by atoms with Crippen molar-refractivity contribution < 1.29 is 13.2 Å². The van der Waals surface area contributed by atoms with E-state index >= 15 is 0 Å². The molecule has 2 aromatic rings. The number of anilines is 2. The number of nitrogens with one attached hydrogen (secondary N) is 1. The normalized spacial score (nSPS) is 20.7. The Balaban J connectivity index is 1.53. The number of aromatic nitrogens is 1. The van der Waals surface area contributed by atoms with Crippen LogP contribution in [0.5, 0.6) is 0 Å². The van der Waals surface area contributed by atoms with Crippen LogP contribution in [0, 0.1) is 5.92 Å². The zero-order valence-electron chi connectivity index (χ0n) is 11.8. The van der Waals surface area contributed by atoms with E-state index in [0.29, 0.717) is 24.2 Å². The van der Waals surface area contributed by atoms with Crippen LogP contribution >= 0.6 is 0 Å². The van der Waals surface area contributed by atoms with Crippen LogP contribution in [0.15, 0.2) is 42.6 Å². The summed E-state index contributed by atoms with van der Waals surface area (Å²) in [5.74, 6) is 1.44. The Labute approximate surface area is 126 Å². The molecule has 6 heteroatoms. The first kappa shape index (κ1) is 14.7. The van der Waals surface area contributed by atoms with Crippen molar-refractivity contribution in [2.75, 3.05) is 17.6 Å². The molecule has 0 bridgehead atoms. The van der Waals surface area contributed by atoms with Crippen LogP contribution in [0.2, 0.25) is 0 Å². The molecule has 1 aliphatic rings. The summed E-state index contributed by atoms with van der Waals surface area (Å²) in [7, 11) is 0. The van der Waals surface area contributed by atoms with E-state index in [9.17, 15) is 13.2 Å². The van der Waals surface area contributed by atoms with Gasteiger partial charge < -0.3 is 11.1 Å². The average Bonchev–Trinajstić information content (AvgIpc) is 3.25. The van der Waals surface area contributed by atoms with Gasteiger partial charge in [-0.15, -0.1) is 0 Å². The molecule has 2 atom stereocenters. The number of nitrogens with zero attached hydrogens (tertiary/aromatic N) is 1. The highest BCUT2D eigenvalue weighted by atomic mass is 19.4. The maximum absolute atomic E-state index is 12.4. The van der Waals surface area contributed by atoms with E-state index in [1.807, 2.05) is 24.3 Å². The van der Waals surface area contributed by atoms with Gasteiger partial charge in [0.1, 0.15) is 5.82 Å². The maximum atomic E-state index is 12.4. The van der Waals surface area contributed by atoms with Crippen molar-refractivity contribution in [3.8, 4) is 0 Å². The number of halogens is 3. The van der Waals surface area contributed by atoms with Crippen molar-refractivity contribution in [3.63, 3.8) is 0 Å². The van der Waals surface area contributed by atoms with Crippen molar-refractivity contribution >= 4 is 11.5 Å². The third-order valence-electron chi connectivity index (χ3n) is 3.92. The summed E-state index contributed by atoms with van der Waals surface area (Å²) in [5.41, 5.74) is 6.92. The summed E-state index contributed by atoms with van der Waals surface area (Å²) < 4.78 is 37.3. The molecule has 0 spiro atoms. The maximum Gasteiger partial charge on any atom is 0.417 e. The van der Waals surface area contributed by atoms with Crippen LogP contribution < -0.4 is 11.1 Å². The number of benzene rings is 1. The minimum Gasteiger partial charge on any atom is -0.399 e. The quantitative estimate of drug-likeness (QED) is 0.842. The fraction of sp³-hybridized carbons (Fsp3) is 0.312. The van der Waals surface area contributed by atoms with Gasteiger partial charge in [0.2, 0.25) is 0 Å². The molecule has 3 nitrogen and oxygen atoms in total. The Morgan fingerprint density at radius 2 is 1.86 bits per heavy atom. The minimum absolute atomic E-state index is 0.468. The standard InChI is InChI=1S/C16H16F3N3/c17-16(18,19)12-3-6-15(22-9-12)21-8-11-7-14(11)10-1-4-13(20)5-2-10/h1-6,9,11,14H,7-8,20H2,(H,21,22)/t11-,14?/m1/s1. The second kappa shape index (κ2) is 5.51. The number of alkyl halides is 3. The molecule has 22 heavy (non-hydrogen) atoms. The fourth-order valence-electron chi connectivity index (χ4n) is 2.53. The van der Waals surface area contributed by atoms with Gasteiger partial charge in [0, 0.05) is 18.4 Å². The first-order valence-electron chi connectivity index (χ1n) is 7.06. The van der Waals surface area contributed by atoms with Crippen molar-refractivity contribution in [2.45, 2.75) is 18.5 Å². The topological polar surface area (TPSA) is 50.9 Å². The van der Waals surface area contributed by atoms with Crippen LogP contribution in [0.4, 0.5) is 24.7 Å². The lowest BCUT2D eigenvalue weighted by Gasteiger charge is -2.08. The molecule has 1 heterocycles. The number of rotatable bonds is 4. The van der Waals surface area contributed by atoms with E-state index in [1.165, 1.54) is 11.6 Å². The average molecular weight is 307 g/mol. The Hall–Kier alpha value is -2.24. The van der Waals surface area contributed by atoms with E-state index in [1.54, 1.807) is 0 Å². The van der Waals surface area contributed by atoms with E-state index < -0.39 is 11.7 Å². The molecule has 3 rings (SSSR count). The van der Waals surface area contributed by atoms with Crippen LogP contribution in [-0.2, 0) is 6.18 Å². The van der Waals surface area contributed by atoms with Crippen molar-refractivity contribution in [1.29, 1.82) is 0 Å². The number of pyridine rings is 1. The van der Waals surface area contributed by atoms with Gasteiger partial charge in [0.05, 0.1) is 5.56 Å². The van der Waals surface area contributed by atoms with Crippen molar-refractivity contribution in [1.82, 2.24) is 4.98 Å². The monoisotopic (exact) mass is 307 g/mol. The van der Waals surface area contributed by atoms with Gasteiger partial charge in [-0.2, -0.15) is 13.2 Å². The summed E-state index contributed by atoms with van der Waals surface area (Å²) in [4.78, 5) is 3.81. The highest BCUT2D eigenvalue weighted by molar-refractivity contribution is 5.42. The molecule has 1 unspecified atom stereocenters. The predicted molar refractivity (Wildman–Crippen MR) is 79.4 cm³/mol. The second-order valence-corrected chi connectivity index (χ2v) is 5.58. The third kappa shape index (κ3) is 3.32. The molecule has 0 aliphatic heterocycles. The van der Waals surface area contributed by atoms with Crippen LogP contribution in [0.1, 0.15) is 23.5 Å². The Morgan fingerprint density at radius 1 is 1.14 bits per heavy atom. The van der Waals surface area contributed by atoms with Crippen LogP contribution in [0.3, 0.4) is 0 Å². The second-order valence-electron chi connectivity index (χ2n) is 5.58. The molecule has 1 fully saturated rings. The van der Waals surface area contributed by atoms with Gasteiger partial charge in [-0.05, 0) is 48.1 Å². The summed E-state index contributed by atoms with van der Waals surface area (Å²) in [6, 6.07) is 10.2. The fourth-order valence-corrected chi connectivity index (χ4v) is 2.53. The molecule has 1 aromatic carbocycles. The number of hydrogen-bond donors (Lipinski definition) is 2. The third-order valence-corrected chi connectivity index (χ3v) is 3.92. The minimum atomic E-state index is -4.34. The van der Waals surface area contributed by atoms with Gasteiger partial charge in [-0.25, -0.2) is 4.98 Å². The SMILES string of the molecule is Nc1ccc(C2C[C@@H]2CNc2ccc(C(F)(F)F)cn2)cc1. The highest BCUT2D eigenvalue weighted by Gasteiger charge is 2.37. The number of nitrogen functional groups attached to an aromatic ring is 1. The molecule has 0 saturated heterocycles. The van der Waals surface area contributed by atoms with Gasteiger partial charge in [-0.1, -0.05) is 12.1 Å². The van der Waals surface area contributed by atoms with Gasteiger partial charge >= 0.3 is 6.18 Å². The summed E-state index contributed by atoms with van der Waals surface area (Å²) >= 11 is 0. The lowest BCUT2D eigenvalue weighted by Crippen LogP contribution is -2.09. The van der Waals surface area contributed by atoms with Crippen LogP contribution in [0.25, 0.3) is 0 Å². The van der Waals surface area contributed by atoms with Crippen molar-refractivity contribution in [3.05, 3.63) is 53.7 Å². The Kier molecular flexibility index (Phi) is 3.68. The lowest BCUT2D eigenvalue weighted by atomic mass is 10.1. The summed E-state index contributed by atoms with van der Waals surface area (Å²) in [5, 5.41) is 3.09. The first-order chi connectivity index (χ1) is 10.4. The molecule has 1 saturated carbocycles. The van der Waals surface area contributed by atoms with E-state index in [-0.39, 0.29) is 0 Å². The molecular weight excluding hydrogens is 291 g/mol. The molecule has 0 radical (unpaired) electrons. The van der Waals surface area contributed by atoms with E-state index in [4.69, 9.17) is 5.73 Å². The zero-order chi connectivity index (χ0) is 15.7. The molecule has 0 amide bonds. The van der Waals surface area contributed by atoms with Gasteiger partial charge in [0.25, 0.3) is 0 Å². The number of nitrogens with two attached hydrogens (primary N) is 1. The summed E-state index contributed by atoms with van der Waals surface area (Å²) in [6.07, 6.45) is -2.42. The van der Waals surface area contributed by atoms with Crippen molar-refractivity contribution in [2.24, 2.45) is 5.92 Å². The molecule has 3 N–H and O–H groups in total. The predicted octanol–water partition coefficient (Wildman–Crippen LogP) is 3.90.